The maximum atomic E-state index is 12.9. The van der Waals surface area contributed by atoms with E-state index in [1.54, 1.807) is 18.2 Å². The number of nitrogens with one attached hydrogen (secondary N) is 2. The third-order valence-electron chi connectivity index (χ3n) is 2.71. The summed E-state index contributed by atoms with van der Waals surface area (Å²) in [5.74, 6) is 1.05. The molecular formula is C15H17FN6OS. The predicted octanol–water partition coefficient (Wildman–Crippen LogP) is 1.87. The Balaban J connectivity index is 1.94. The minimum Gasteiger partial charge on any atom is -0.368 e. The Labute approximate surface area is 143 Å². The number of thioether (sulfide) groups is 1. The molecule has 0 saturated carbocycles. The summed E-state index contributed by atoms with van der Waals surface area (Å²) in [5.41, 5.74) is 6.30. The van der Waals surface area contributed by atoms with Crippen molar-refractivity contribution in [1.82, 2.24) is 20.3 Å². The number of nitrogen functional groups attached to an aromatic ring is 1. The Morgan fingerprint density at radius 3 is 2.75 bits per heavy atom. The van der Waals surface area contributed by atoms with Crippen molar-refractivity contribution in [2.75, 3.05) is 23.3 Å². The first kappa shape index (κ1) is 17.7. The number of amides is 1. The highest BCUT2D eigenvalue weighted by molar-refractivity contribution is 7.99. The number of halogens is 1. The molecule has 0 atom stereocenters. The van der Waals surface area contributed by atoms with Crippen LogP contribution in [0.15, 0.2) is 36.9 Å². The topological polar surface area (TPSA) is 106 Å². The van der Waals surface area contributed by atoms with Crippen LogP contribution in [-0.4, -0.2) is 33.2 Å². The smallest absolute Gasteiger partial charge is 0.232 e. The van der Waals surface area contributed by atoms with Gasteiger partial charge in [0.15, 0.2) is 0 Å². The second-order valence-electron chi connectivity index (χ2n) is 4.65. The van der Waals surface area contributed by atoms with Crippen molar-refractivity contribution in [2.24, 2.45) is 0 Å². The largest absolute Gasteiger partial charge is 0.368 e. The second-order valence-corrected chi connectivity index (χ2v) is 5.64. The Bertz CT molecular complexity index is 710. The molecule has 0 aliphatic rings. The van der Waals surface area contributed by atoms with E-state index in [1.807, 2.05) is 0 Å². The average Bonchev–Trinajstić information content (AvgIpc) is 2.54. The van der Waals surface area contributed by atoms with Gasteiger partial charge in [0.1, 0.15) is 11.6 Å². The number of nitrogens with zero attached hydrogens (tertiary/aromatic N) is 3. The van der Waals surface area contributed by atoms with Crippen LogP contribution < -0.4 is 16.4 Å². The van der Waals surface area contributed by atoms with Gasteiger partial charge in [-0.2, -0.15) is 15.0 Å². The number of carbonyl (C=O) groups is 1. The lowest BCUT2D eigenvalue weighted by molar-refractivity contribution is -0.118. The summed E-state index contributed by atoms with van der Waals surface area (Å²) < 4.78 is 12.9. The van der Waals surface area contributed by atoms with Crippen LogP contribution in [-0.2, 0) is 10.5 Å². The molecule has 0 aliphatic carbocycles. The van der Waals surface area contributed by atoms with E-state index in [2.05, 4.69) is 32.2 Å². The molecule has 0 saturated heterocycles. The molecule has 1 amide bonds. The number of rotatable bonds is 8. The van der Waals surface area contributed by atoms with Crippen molar-refractivity contribution >= 4 is 35.3 Å². The zero-order valence-corrected chi connectivity index (χ0v) is 13.6. The number of hydrogen-bond acceptors (Lipinski definition) is 7. The average molecular weight is 348 g/mol. The molecule has 7 nitrogen and oxygen atoms in total. The first-order chi connectivity index (χ1) is 11.6. The SMILES string of the molecule is C=CCNC(=O)CSCc1nc(N)nc(Nc2ccc(F)cc2)n1. The fourth-order valence-electron chi connectivity index (χ4n) is 1.69. The summed E-state index contributed by atoms with van der Waals surface area (Å²) in [6.07, 6.45) is 1.61. The van der Waals surface area contributed by atoms with E-state index in [9.17, 15) is 9.18 Å². The molecule has 0 unspecified atom stereocenters. The molecule has 2 aromatic rings. The normalized spacial score (nSPS) is 10.2. The monoisotopic (exact) mass is 348 g/mol. The molecule has 0 fully saturated rings. The predicted molar refractivity (Wildman–Crippen MR) is 93.3 cm³/mol. The van der Waals surface area contributed by atoms with E-state index in [-0.39, 0.29) is 29.4 Å². The van der Waals surface area contributed by atoms with Crippen LogP contribution in [0.5, 0.6) is 0 Å². The van der Waals surface area contributed by atoms with Gasteiger partial charge >= 0.3 is 0 Å². The summed E-state index contributed by atoms with van der Waals surface area (Å²) >= 11 is 1.36. The lowest BCUT2D eigenvalue weighted by Crippen LogP contribution is -2.25. The molecular weight excluding hydrogens is 331 g/mol. The minimum absolute atomic E-state index is 0.0707. The molecule has 1 heterocycles. The third kappa shape index (κ3) is 5.84. The van der Waals surface area contributed by atoms with Crippen molar-refractivity contribution in [3.05, 3.63) is 48.6 Å². The van der Waals surface area contributed by atoms with Crippen molar-refractivity contribution in [3.8, 4) is 0 Å². The Morgan fingerprint density at radius 2 is 2.04 bits per heavy atom. The van der Waals surface area contributed by atoms with Gasteiger partial charge < -0.3 is 16.4 Å². The van der Waals surface area contributed by atoms with Gasteiger partial charge in [0.05, 0.1) is 11.5 Å². The first-order valence-electron chi connectivity index (χ1n) is 7.05. The van der Waals surface area contributed by atoms with E-state index in [0.29, 0.717) is 23.8 Å². The second kappa shape index (κ2) is 8.82. The maximum Gasteiger partial charge on any atom is 0.232 e. The van der Waals surface area contributed by atoms with E-state index in [0.717, 1.165) is 0 Å². The van der Waals surface area contributed by atoms with Crippen molar-refractivity contribution < 1.29 is 9.18 Å². The molecule has 2 rings (SSSR count). The van der Waals surface area contributed by atoms with E-state index >= 15 is 0 Å². The van der Waals surface area contributed by atoms with E-state index < -0.39 is 0 Å². The lowest BCUT2D eigenvalue weighted by Gasteiger charge is -2.07. The van der Waals surface area contributed by atoms with Gasteiger partial charge in [-0.3, -0.25) is 4.79 Å². The molecule has 126 valence electrons. The Hall–Kier alpha value is -2.68. The Morgan fingerprint density at radius 1 is 1.29 bits per heavy atom. The zero-order valence-electron chi connectivity index (χ0n) is 12.8. The van der Waals surface area contributed by atoms with Gasteiger partial charge in [0.2, 0.25) is 17.8 Å². The minimum atomic E-state index is -0.331. The summed E-state index contributed by atoms with van der Waals surface area (Å²) in [4.78, 5) is 23.8. The van der Waals surface area contributed by atoms with E-state index in [1.165, 1.54) is 23.9 Å². The summed E-state index contributed by atoms with van der Waals surface area (Å²) in [5, 5.41) is 5.61. The zero-order chi connectivity index (χ0) is 17.4. The van der Waals surface area contributed by atoms with Gasteiger partial charge in [-0.15, -0.1) is 18.3 Å². The first-order valence-corrected chi connectivity index (χ1v) is 8.20. The maximum absolute atomic E-state index is 12.9. The highest BCUT2D eigenvalue weighted by Crippen LogP contribution is 2.16. The highest BCUT2D eigenvalue weighted by Gasteiger charge is 2.07. The Kier molecular flexibility index (Phi) is 6.50. The van der Waals surface area contributed by atoms with Crippen molar-refractivity contribution in [1.29, 1.82) is 0 Å². The number of carbonyl (C=O) groups excluding carboxylic acids is 1. The number of aromatic nitrogens is 3. The van der Waals surface area contributed by atoms with Crippen LogP contribution >= 0.6 is 11.8 Å². The molecule has 0 spiro atoms. The molecule has 4 N–H and O–H groups in total. The molecule has 1 aromatic heterocycles. The fraction of sp³-hybridized carbons (Fsp3) is 0.200. The summed E-state index contributed by atoms with van der Waals surface area (Å²) in [6.45, 7) is 3.96. The molecule has 24 heavy (non-hydrogen) atoms. The van der Waals surface area contributed by atoms with Crippen LogP contribution in [0.3, 0.4) is 0 Å². The molecule has 0 radical (unpaired) electrons. The summed E-state index contributed by atoms with van der Waals surface area (Å²) in [6, 6.07) is 5.78. The molecule has 0 bridgehead atoms. The van der Waals surface area contributed by atoms with Crippen LogP contribution in [0.25, 0.3) is 0 Å². The quantitative estimate of drug-likeness (QED) is 0.625. The van der Waals surface area contributed by atoms with Crippen LogP contribution in [0.2, 0.25) is 0 Å². The number of nitrogens with two attached hydrogens (primary N) is 1. The van der Waals surface area contributed by atoms with Crippen molar-refractivity contribution in [2.45, 2.75) is 5.75 Å². The van der Waals surface area contributed by atoms with Crippen molar-refractivity contribution in [3.63, 3.8) is 0 Å². The molecule has 9 heteroatoms. The lowest BCUT2D eigenvalue weighted by atomic mass is 10.3. The number of hydrogen-bond donors (Lipinski definition) is 3. The van der Waals surface area contributed by atoms with Gasteiger partial charge in [-0.1, -0.05) is 6.08 Å². The van der Waals surface area contributed by atoms with Crippen LogP contribution in [0, 0.1) is 5.82 Å². The molecule has 0 aliphatic heterocycles. The third-order valence-corrected chi connectivity index (χ3v) is 3.64. The number of anilines is 3. The molecule has 1 aromatic carbocycles. The number of benzene rings is 1. The summed E-state index contributed by atoms with van der Waals surface area (Å²) in [7, 11) is 0. The fourth-order valence-corrected chi connectivity index (χ4v) is 2.39. The van der Waals surface area contributed by atoms with Gasteiger partial charge in [0, 0.05) is 12.2 Å². The standard InChI is InChI=1S/C15H17FN6OS/c1-2-7-18-13(23)9-24-8-12-20-14(17)22-15(21-12)19-11-5-3-10(16)4-6-11/h2-6H,1,7-9H2,(H,18,23)(H3,17,19,20,21,22). The van der Waals surface area contributed by atoms with E-state index in [4.69, 9.17) is 5.73 Å². The highest BCUT2D eigenvalue weighted by atomic mass is 32.2. The van der Waals surface area contributed by atoms with Gasteiger partial charge in [-0.25, -0.2) is 4.39 Å². The van der Waals surface area contributed by atoms with Crippen LogP contribution in [0.4, 0.5) is 22.0 Å². The van der Waals surface area contributed by atoms with Gasteiger partial charge in [-0.05, 0) is 24.3 Å². The van der Waals surface area contributed by atoms with Crippen LogP contribution in [0.1, 0.15) is 5.82 Å². The van der Waals surface area contributed by atoms with Gasteiger partial charge in [0.25, 0.3) is 0 Å².